The van der Waals surface area contributed by atoms with Gasteiger partial charge in [-0.2, -0.15) is 0 Å². The Morgan fingerprint density at radius 2 is 1.73 bits per heavy atom. The predicted octanol–water partition coefficient (Wildman–Crippen LogP) is 2.64. The number of pyridine rings is 1. The summed E-state index contributed by atoms with van der Waals surface area (Å²) in [6.07, 6.45) is 3.08. The van der Waals surface area contributed by atoms with Crippen molar-refractivity contribution in [1.82, 2.24) is 4.98 Å². The van der Waals surface area contributed by atoms with Crippen LogP contribution in [0.25, 0.3) is 0 Å². The van der Waals surface area contributed by atoms with Crippen molar-refractivity contribution in [3.05, 3.63) is 24.5 Å². The second-order valence-electron chi connectivity index (χ2n) is 2.56. The van der Waals surface area contributed by atoms with E-state index >= 15 is 0 Å². The lowest BCUT2D eigenvalue weighted by Crippen LogP contribution is -2.02. The molecule has 0 aliphatic heterocycles. The van der Waals surface area contributed by atoms with Crippen LogP contribution >= 0.6 is 7.82 Å². The molecule has 0 unspecified atom stereocenters. The highest BCUT2D eigenvalue weighted by atomic mass is 31.2. The van der Waals surface area contributed by atoms with Crippen molar-refractivity contribution in [2.24, 2.45) is 0 Å². The Balaban J connectivity index is 2.71. The first-order valence-corrected chi connectivity index (χ1v) is 6.15. The Kier molecular flexibility index (Phi) is 4.75. The zero-order valence-corrected chi connectivity index (χ0v) is 9.65. The minimum atomic E-state index is -3.47. The largest absolute Gasteiger partial charge is 0.530 e. The van der Waals surface area contributed by atoms with Gasteiger partial charge in [0.2, 0.25) is 0 Å². The minimum Gasteiger partial charge on any atom is -0.404 e. The van der Waals surface area contributed by atoms with Gasteiger partial charge in [-0.3, -0.25) is 14.0 Å². The fourth-order valence-electron chi connectivity index (χ4n) is 0.934. The molecule has 5 nitrogen and oxygen atoms in total. The Morgan fingerprint density at radius 3 is 2.20 bits per heavy atom. The van der Waals surface area contributed by atoms with Gasteiger partial charge >= 0.3 is 7.82 Å². The summed E-state index contributed by atoms with van der Waals surface area (Å²) in [6, 6.07) is 3.18. The number of nitrogens with zero attached hydrogens (tertiary/aromatic N) is 1. The summed E-state index contributed by atoms with van der Waals surface area (Å²) in [5, 5.41) is 0. The van der Waals surface area contributed by atoms with Gasteiger partial charge < -0.3 is 4.52 Å². The fourth-order valence-corrected chi connectivity index (χ4v) is 2.13. The summed E-state index contributed by atoms with van der Waals surface area (Å²) in [5.74, 6) is 0.412. The van der Waals surface area contributed by atoms with Crippen molar-refractivity contribution >= 4 is 7.82 Å². The SMILES string of the molecule is CCOP(=O)(OCC)Oc1ccncc1. The predicted molar refractivity (Wildman–Crippen MR) is 55.7 cm³/mol. The maximum absolute atomic E-state index is 11.9. The van der Waals surface area contributed by atoms with Gasteiger partial charge in [-0.1, -0.05) is 0 Å². The molecular weight excluding hydrogens is 217 g/mol. The average Bonchev–Trinajstić information content (AvgIpc) is 2.19. The summed E-state index contributed by atoms with van der Waals surface area (Å²) in [7, 11) is -3.47. The monoisotopic (exact) mass is 231 g/mol. The molecule has 15 heavy (non-hydrogen) atoms. The molecule has 0 saturated heterocycles. The normalized spacial score (nSPS) is 11.3. The van der Waals surface area contributed by atoms with Crippen molar-refractivity contribution in [2.75, 3.05) is 13.2 Å². The smallest absolute Gasteiger partial charge is 0.404 e. The first-order chi connectivity index (χ1) is 7.20. The highest BCUT2D eigenvalue weighted by molar-refractivity contribution is 7.48. The molecular formula is C9H14NO4P. The van der Waals surface area contributed by atoms with Crippen LogP contribution in [0.4, 0.5) is 0 Å². The average molecular weight is 231 g/mol. The number of hydrogen-bond acceptors (Lipinski definition) is 5. The van der Waals surface area contributed by atoms with Crippen molar-refractivity contribution in [1.29, 1.82) is 0 Å². The Hall–Kier alpha value is -0.900. The molecule has 0 saturated carbocycles. The third-order valence-corrected chi connectivity index (χ3v) is 3.02. The Morgan fingerprint density at radius 1 is 1.20 bits per heavy atom. The first-order valence-electron chi connectivity index (χ1n) is 4.69. The van der Waals surface area contributed by atoms with Crippen LogP contribution in [0, 0.1) is 0 Å². The van der Waals surface area contributed by atoms with Crippen molar-refractivity contribution < 1.29 is 18.1 Å². The van der Waals surface area contributed by atoms with Crippen LogP contribution in [0.15, 0.2) is 24.5 Å². The van der Waals surface area contributed by atoms with E-state index in [1.807, 2.05) is 0 Å². The summed E-state index contributed by atoms with van der Waals surface area (Å²) in [6.45, 7) is 3.98. The molecule has 0 aromatic carbocycles. The first kappa shape index (κ1) is 12.2. The van der Waals surface area contributed by atoms with E-state index in [9.17, 15) is 4.57 Å². The van der Waals surface area contributed by atoms with Crippen molar-refractivity contribution in [3.63, 3.8) is 0 Å². The highest BCUT2D eigenvalue weighted by Gasteiger charge is 2.26. The number of phosphoric acid groups is 1. The van der Waals surface area contributed by atoms with E-state index in [1.165, 1.54) is 12.4 Å². The van der Waals surface area contributed by atoms with Crippen LogP contribution in [-0.2, 0) is 13.6 Å². The molecule has 0 spiro atoms. The maximum atomic E-state index is 11.9. The standard InChI is InChI=1S/C9H14NO4P/c1-3-12-15(11,13-4-2)14-9-5-7-10-8-6-9/h5-8H,3-4H2,1-2H3. The fraction of sp³-hybridized carbons (Fsp3) is 0.444. The number of rotatable bonds is 6. The molecule has 1 aromatic heterocycles. The molecule has 0 fully saturated rings. The third kappa shape index (κ3) is 4.00. The Labute approximate surface area is 89.0 Å². The molecule has 0 aliphatic rings. The van der Waals surface area contributed by atoms with Gasteiger partial charge in [0.15, 0.2) is 0 Å². The van der Waals surface area contributed by atoms with Crippen LogP contribution in [0.2, 0.25) is 0 Å². The van der Waals surface area contributed by atoms with Gasteiger partial charge in [0, 0.05) is 12.4 Å². The van der Waals surface area contributed by atoms with Crippen molar-refractivity contribution in [2.45, 2.75) is 13.8 Å². The summed E-state index contributed by atoms with van der Waals surface area (Å²) < 4.78 is 27.0. The second-order valence-corrected chi connectivity index (χ2v) is 4.15. The molecule has 0 aliphatic carbocycles. The molecule has 0 amide bonds. The third-order valence-electron chi connectivity index (χ3n) is 1.44. The van der Waals surface area contributed by atoms with Gasteiger partial charge in [0.25, 0.3) is 0 Å². The Bertz CT molecular complexity index is 320. The topological polar surface area (TPSA) is 57.7 Å². The van der Waals surface area contributed by atoms with Gasteiger partial charge in [0.1, 0.15) is 5.75 Å². The molecule has 1 aromatic rings. The number of aromatic nitrogens is 1. The quantitative estimate of drug-likeness (QED) is 0.704. The lowest BCUT2D eigenvalue weighted by atomic mass is 10.5. The summed E-state index contributed by atoms with van der Waals surface area (Å²) in [5.41, 5.74) is 0. The van der Waals surface area contributed by atoms with E-state index in [4.69, 9.17) is 13.6 Å². The van der Waals surface area contributed by atoms with E-state index < -0.39 is 7.82 Å². The molecule has 1 heterocycles. The maximum Gasteiger partial charge on any atom is 0.530 e. The van der Waals surface area contributed by atoms with Crippen LogP contribution in [0.1, 0.15) is 13.8 Å². The summed E-state index contributed by atoms with van der Waals surface area (Å²) in [4.78, 5) is 3.82. The van der Waals surface area contributed by atoms with E-state index in [0.29, 0.717) is 5.75 Å². The van der Waals surface area contributed by atoms with E-state index in [0.717, 1.165) is 0 Å². The molecule has 1 rings (SSSR count). The van der Waals surface area contributed by atoms with Gasteiger partial charge in [0.05, 0.1) is 13.2 Å². The lowest BCUT2D eigenvalue weighted by molar-refractivity contribution is 0.167. The summed E-state index contributed by atoms with van der Waals surface area (Å²) >= 11 is 0. The lowest BCUT2D eigenvalue weighted by Gasteiger charge is -2.16. The zero-order valence-electron chi connectivity index (χ0n) is 8.75. The van der Waals surface area contributed by atoms with E-state index in [2.05, 4.69) is 4.98 Å². The van der Waals surface area contributed by atoms with Gasteiger partial charge in [-0.05, 0) is 26.0 Å². The number of hydrogen-bond donors (Lipinski definition) is 0. The minimum absolute atomic E-state index is 0.266. The van der Waals surface area contributed by atoms with Gasteiger partial charge in [-0.15, -0.1) is 0 Å². The number of phosphoric ester groups is 1. The molecule has 0 N–H and O–H groups in total. The van der Waals surface area contributed by atoms with Gasteiger partial charge in [-0.25, -0.2) is 4.57 Å². The molecule has 0 atom stereocenters. The molecule has 6 heteroatoms. The zero-order chi connectivity index (χ0) is 11.1. The molecule has 0 bridgehead atoms. The highest BCUT2D eigenvalue weighted by Crippen LogP contribution is 2.48. The second kappa shape index (κ2) is 5.85. The van der Waals surface area contributed by atoms with Crippen LogP contribution in [-0.4, -0.2) is 18.2 Å². The van der Waals surface area contributed by atoms with E-state index in [-0.39, 0.29) is 13.2 Å². The van der Waals surface area contributed by atoms with Crippen molar-refractivity contribution in [3.8, 4) is 5.75 Å². The van der Waals surface area contributed by atoms with E-state index in [1.54, 1.807) is 26.0 Å². The molecule has 84 valence electrons. The van der Waals surface area contributed by atoms with Crippen LogP contribution in [0.5, 0.6) is 5.75 Å². The molecule has 0 radical (unpaired) electrons. The van der Waals surface area contributed by atoms with Crippen LogP contribution in [0.3, 0.4) is 0 Å². The van der Waals surface area contributed by atoms with Crippen LogP contribution < -0.4 is 4.52 Å².